The Bertz CT molecular complexity index is 750. The van der Waals surface area contributed by atoms with Crippen molar-refractivity contribution in [3.8, 4) is 0 Å². The minimum Gasteiger partial charge on any atom is -0.392 e. The minimum absolute atomic E-state index is 0.0457. The Balaban J connectivity index is 1.61. The number of rotatable bonds is 1. The van der Waals surface area contributed by atoms with E-state index in [9.17, 15) is 9.90 Å². The summed E-state index contributed by atoms with van der Waals surface area (Å²) in [5.74, 6) is 0.373. The largest absolute Gasteiger partial charge is 0.392 e. The lowest BCUT2D eigenvalue weighted by Gasteiger charge is -2.44. The molecule has 120 valence electrons. The van der Waals surface area contributed by atoms with Crippen molar-refractivity contribution in [3.63, 3.8) is 0 Å². The Morgan fingerprint density at radius 1 is 1.17 bits per heavy atom. The molecule has 4 nitrogen and oxygen atoms in total. The van der Waals surface area contributed by atoms with Crippen LogP contribution in [0.15, 0.2) is 30.3 Å². The number of aromatic nitrogens is 1. The summed E-state index contributed by atoms with van der Waals surface area (Å²) in [6.07, 6.45) is 2.90. The number of piperidine rings is 1. The van der Waals surface area contributed by atoms with Crippen molar-refractivity contribution in [1.82, 2.24) is 9.88 Å². The van der Waals surface area contributed by atoms with Crippen LogP contribution in [0, 0.1) is 11.8 Å². The number of halogens is 1. The maximum atomic E-state index is 12.8. The van der Waals surface area contributed by atoms with Crippen molar-refractivity contribution >= 4 is 28.4 Å². The van der Waals surface area contributed by atoms with Crippen LogP contribution in [0.1, 0.15) is 29.8 Å². The van der Waals surface area contributed by atoms with Crippen molar-refractivity contribution in [2.75, 3.05) is 13.1 Å². The van der Waals surface area contributed by atoms with Crippen LogP contribution in [0.25, 0.3) is 10.9 Å². The second kappa shape index (κ2) is 5.77. The highest BCUT2D eigenvalue weighted by molar-refractivity contribution is 6.31. The van der Waals surface area contributed by atoms with Crippen molar-refractivity contribution in [2.24, 2.45) is 11.8 Å². The molecule has 1 aliphatic carbocycles. The van der Waals surface area contributed by atoms with Gasteiger partial charge in [-0.15, -0.1) is 0 Å². The van der Waals surface area contributed by atoms with Gasteiger partial charge in [0, 0.05) is 35.3 Å². The third-order valence-corrected chi connectivity index (χ3v) is 5.42. The molecule has 1 saturated carbocycles. The Labute approximate surface area is 140 Å². The smallest absolute Gasteiger partial charge is 0.272 e. The predicted octanol–water partition coefficient (Wildman–Crippen LogP) is 3.12. The molecule has 2 heterocycles. The van der Waals surface area contributed by atoms with Gasteiger partial charge in [-0.25, -0.2) is 4.98 Å². The molecular formula is C18H19ClN2O2. The quantitative estimate of drug-likeness (QED) is 0.874. The second-order valence-corrected chi connectivity index (χ2v) is 7.12. The molecule has 1 aliphatic heterocycles. The third-order valence-electron chi connectivity index (χ3n) is 5.19. The SMILES string of the molecule is O=C(c1ccc2ccc(Cl)cc2n1)N1C[C@H]2CCC[C@@H](C1)C2O. The van der Waals surface area contributed by atoms with Crippen molar-refractivity contribution in [1.29, 1.82) is 0 Å². The van der Waals surface area contributed by atoms with E-state index in [1.165, 1.54) is 0 Å². The lowest BCUT2D eigenvalue weighted by molar-refractivity contribution is -0.0414. The van der Waals surface area contributed by atoms with E-state index in [0.29, 0.717) is 23.8 Å². The first kappa shape index (κ1) is 14.9. The van der Waals surface area contributed by atoms with Crippen LogP contribution in [0.3, 0.4) is 0 Å². The van der Waals surface area contributed by atoms with E-state index in [0.717, 1.165) is 30.2 Å². The fraction of sp³-hybridized carbons (Fsp3) is 0.444. The molecule has 1 saturated heterocycles. The number of aliphatic hydroxyl groups excluding tert-OH is 1. The van der Waals surface area contributed by atoms with E-state index < -0.39 is 0 Å². The van der Waals surface area contributed by atoms with Crippen molar-refractivity contribution < 1.29 is 9.90 Å². The van der Waals surface area contributed by atoms with E-state index in [2.05, 4.69) is 4.98 Å². The highest BCUT2D eigenvalue weighted by Gasteiger charge is 2.40. The van der Waals surface area contributed by atoms with Crippen molar-refractivity contribution in [3.05, 3.63) is 41.0 Å². The number of hydrogen-bond acceptors (Lipinski definition) is 3. The standard InChI is InChI=1S/C18H19ClN2O2/c19-14-6-4-11-5-7-15(20-16(11)8-14)18(23)21-9-12-2-1-3-13(10-21)17(12)22/h4-8,12-13,17,22H,1-3,9-10H2/t12-,13+,17?. The summed E-state index contributed by atoms with van der Waals surface area (Å²) >= 11 is 6.02. The molecule has 2 aliphatic rings. The first-order chi connectivity index (χ1) is 11.1. The molecule has 0 spiro atoms. The molecule has 23 heavy (non-hydrogen) atoms. The summed E-state index contributed by atoms with van der Waals surface area (Å²) in [6, 6.07) is 9.19. The fourth-order valence-electron chi connectivity index (χ4n) is 3.95. The number of benzene rings is 1. The average molecular weight is 331 g/mol. The zero-order valence-electron chi connectivity index (χ0n) is 12.8. The number of carbonyl (C=O) groups excluding carboxylic acids is 1. The van der Waals surface area contributed by atoms with Gasteiger partial charge in [0.1, 0.15) is 5.69 Å². The molecule has 2 bridgehead atoms. The third kappa shape index (κ3) is 2.70. The predicted molar refractivity (Wildman–Crippen MR) is 89.5 cm³/mol. The van der Waals surface area contributed by atoms with Crippen LogP contribution in [0.5, 0.6) is 0 Å². The molecule has 2 aromatic rings. The molecule has 1 amide bonds. The lowest BCUT2D eigenvalue weighted by Crippen LogP contribution is -2.53. The Morgan fingerprint density at radius 3 is 2.61 bits per heavy atom. The average Bonchev–Trinajstić information content (AvgIpc) is 2.53. The van der Waals surface area contributed by atoms with Crippen LogP contribution in [0.2, 0.25) is 5.02 Å². The first-order valence-corrected chi connectivity index (χ1v) is 8.53. The van der Waals surface area contributed by atoms with E-state index in [1.807, 2.05) is 23.1 Å². The number of carbonyl (C=O) groups is 1. The summed E-state index contributed by atoms with van der Waals surface area (Å²) in [6.45, 7) is 1.26. The number of fused-ring (bicyclic) bond motifs is 3. The molecule has 2 fully saturated rings. The van der Waals surface area contributed by atoms with Gasteiger partial charge in [-0.2, -0.15) is 0 Å². The normalized spacial score (nSPS) is 27.2. The van der Waals surface area contributed by atoms with Crippen LogP contribution >= 0.6 is 11.6 Å². The first-order valence-electron chi connectivity index (χ1n) is 8.15. The molecule has 3 atom stereocenters. The van der Waals surface area contributed by atoms with Crippen LogP contribution in [0.4, 0.5) is 0 Å². The van der Waals surface area contributed by atoms with Gasteiger partial charge in [-0.3, -0.25) is 4.79 Å². The Kier molecular flexibility index (Phi) is 3.74. The van der Waals surface area contributed by atoms with Crippen molar-refractivity contribution in [2.45, 2.75) is 25.4 Å². The van der Waals surface area contributed by atoms with Gasteiger partial charge >= 0.3 is 0 Å². The molecular weight excluding hydrogens is 312 g/mol. The summed E-state index contributed by atoms with van der Waals surface area (Å²) in [4.78, 5) is 19.2. The summed E-state index contributed by atoms with van der Waals surface area (Å²) in [5, 5.41) is 11.8. The van der Waals surface area contributed by atoms with Gasteiger partial charge in [0.2, 0.25) is 0 Å². The topological polar surface area (TPSA) is 53.4 Å². The van der Waals surface area contributed by atoms with Gasteiger partial charge in [0.05, 0.1) is 11.6 Å². The highest BCUT2D eigenvalue weighted by atomic mass is 35.5. The monoisotopic (exact) mass is 330 g/mol. The number of amides is 1. The van der Waals surface area contributed by atoms with E-state index in [-0.39, 0.29) is 23.8 Å². The Morgan fingerprint density at radius 2 is 1.87 bits per heavy atom. The van der Waals surface area contributed by atoms with E-state index >= 15 is 0 Å². The van der Waals surface area contributed by atoms with Gasteiger partial charge in [-0.05, 0) is 31.0 Å². The molecule has 1 aromatic carbocycles. The number of nitrogens with zero attached hydrogens (tertiary/aromatic N) is 2. The number of pyridine rings is 1. The number of aliphatic hydroxyl groups is 1. The zero-order chi connectivity index (χ0) is 16.0. The maximum absolute atomic E-state index is 12.8. The molecule has 1 unspecified atom stereocenters. The van der Waals surface area contributed by atoms with E-state index in [1.54, 1.807) is 12.1 Å². The van der Waals surface area contributed by atoms with Crippen LogP contribution in [-0.2, 0) is 0 Å². The van der Waals surface area contributed by atoms with Gasteiger partial charge < -0.3 is 10.0 Å². The molecule has 1 aromatic heterocycles. The maximum Gasteiger partial charge on any atom is 0.272 e. The summed E-state index contributed by atoms with van der Waals surface area (Å²) < 4.78 is 0. The summed E-state index contributed by atoms with van der Waals surface area (Å²) in [7, 11) is 0. The van der Waals surface area contributed by atoms with Gasteiger partial charge in [0.15, 0.2) is 0 Å². The van der Waals surface area contributed by atoms with Gasteiger partial charge in [0.25, 0.3) is 5.91 Å². The van der Waals surface area contributed by atoms with Gasteiger partial charge in [-0.1, -0.05) is 30.2 Å². The summed E-state index contributed by atoms with van der Waals surface area (Å²) in [5.41, 5.74) is 1.19. The molecule has 1 N–H and O–H groups in total. The fourth-order valence-corrected chi connectivity index (χ4v) is 4.11. The highest BCUT2D eigenvalue weighted by Crippen LogP contribution is 2.35. The minimum atomic E-state index is -0.254. The molecule has 4 rings (SSSR count). The van der Waals surface area contributed by atoms with Crippen LogP contribution in [-0.4, -0.2) is 40.1 Å². The molecule has 5 heteroatoms. The molecule has 0 radical (unpaired) electrons. The Hall–Kier alpha value is -1.65. The second-order valence-electron chi connectivity index (χ2n) is 6.69. The zero-order valence-corrected chi connectivity index (χ0v) is 13.5. The number of likely N-dealkylation sites (tertiary alicyclic amines) is 1. The number of hydrogen-bond donors (Lipinski definition) is 1. The lowest BCUT2D eigenvalue weighted by atomic mass is 9.75. The van der Waals surface area contributed by atoms with E-state index in [4.69, 9.17) is 11.6 Å². The van der Waals surface area contributed by atoms with Crippen LogP contribution < -0.4 is 0 Å².